The van der Waals surface area contributed by atoms with Crippen LogP contribution in [0.4, 0.5) is 5.82 Å². The number of thioether (sulfide) groups is 1. The topological polar surface area (TPSA) is 80.0 Å². The molecule has 0 bridgehead atoms. The van der Waals surface area contributed by atoms with E-state index in [1.165, 1.54) is 0 Å². The summed E-state index contributed by atoms with van der Waals surface area (Å²) in [6, 6.07) is 3.63. The molecular formula is C15H26N4OS. The van der Waals surface area contributed by atoms with Gasteiger partial charge in [-0.2, -0.15) is 11.8 Å². The number of hydrogen-bond acceptors (Lipinski definition) is 5. The van der Waals surface area contributed by atoms with Gasteiger partial charge >= 0.3 is 0 Å². The van der Waals surface area contributed by atoms with E-state index in [0.717, 1.165) is 17.2 Å². The summed E-state index contributed by atoms with van der Waals surface area (Å²) < 4.78 is 0. The highest BCUT2D eigenvalue weighted by Crippen LogP contribution is 2.23. The highest BCUT2D eigenvalue weighted by atomic mass is 32.2. The first-order valence-electron chi connectivity index (χ1n) is 7.15. The molecule has 5 nitrogen and oxygen atoms in total. The van der Waals surface area contributed by atoms with E-state index >= 15 is 0 Å². The molecule has 0 fully saturated rings. The lowest BCUT2D eigenvalue weighted by atomic mass is 9.90. The van der Waals surface area contributed by atoms with Gasteiger partial charge in [0.2, 0.25) is 0 Å². The predicted octanol–water partition coefficient (Wildman–Crippen LogP) is 2.54. The normalized spacial score (nSPS) is 12.9. The first-order valence-corrected chi connectivity index (χ1v) is 8.31. The quantitative estimate of drug-likeness (QED) is 0.556. The average molecular weight is 310 g/mol. The van der Waals surface area contributed by atoms with Gasteiger partial charge in [-0.05, 0) is 24.8 Å². The number of carbonyl (C=O) groups excluding carboxylic acids is 1. The molecule has 1 amide bonds. The Morgan fingerprint density at radius 2 is 2.10 bits per heavy atom. The lowest BCUT2D eigenvalue weighted by Crippen LogP contribution is -2.34. The number of anilines is 1. The highest BCUT2D eigenvalue weighted by molar-refractivity contribution is 7.99. The fourth-order valence-electron chi connectivity index (χ4n) is 1.76. The van der Waals surface area contributed by atoms with Crippen LogP contribution in [0.2, 0.25) is 0 Å². The van der Waals surface area contributed by atoms with Crippen LogP contribution in [-0.2, 0) is 5.41 Å². The summed E-state index contributed by atoms with van der Waals surface area (Å²) in [5, 5.41) is 3.00. The Hall–Kier alpha value is -1.27. The number of hydrazine groups is 1. The summed E-state index contributed by atoms with van der Waals surface area (Å²) in [6.45, 7) is 10.3. The molecule has 6 heteroatoms. The fraction of sp³-hybridized carbons (Fsp3) is 0.600. The third-order valence-electron chi connectivity index (χ3n) is 2.95. The van der Waals surface area contributed by atoms with E-state index in [-0.39, 0.29) is 17.4 Å². The summed E-state index contributed by atoms with van der Waals surface area (Å²) in [6.07, 6.45) is 0. The van der Waals surface area contributed by atoms with Crippen molar-refractivity contribution in [3.05, 3.63) is 23.4 Å². The van der Waals surface area contributed by atoms with Gasteiger partial charge in [-0.1, -0.05) is 27.7 Å². The molecular weight excluding hydrogens is 284 g/mol. The zero-order valence-electron chi connectivity index (χ0n) is 13.5. The minimum Gasteiger partial charge on any atom is -0.349 e. The Morgan fingerprint density at radius 3 is 2.62 bits per heavy atom. The van der Waals surface area contributed by atoms with Gasteiger partial charge < -0.3 is 10.7 Å². The van der Waals surface area contributed by atoms with Crippen molar-refractivity contribution in [1.82, 2.24) is 10.3 Å². The average Bonchev–Trinajstić information content (AvgIpc) is 2.43. The van der Waals surface area contributed by atoms with E-state index in [1.54, 1.807) is 6.07 Å². The predicted molar refractivity (Wildman–Crippen MR) is 90.7 cm³/mol. The second kappa shape index (κ2) is 7.66. The van der Waals surface area contributed by atoms with Crippen molar-refractivity contribution < 1.29 is 4.79 Å². The third kappa shape index (κ3) is 5.55. The first-order chi connectivity index (χ1) is 9.77. The lowest BCUT2D eigenvalue weighted by molar-refractivity contribution is 0.0943. The number of amides is 1. The molecule has 0 aliphatic heterocycles. The van der Waals surface area contributed by atoms with Crippen LogP contribution in [0.1, 0.15) is 50.7 Å². The minimum absolute atomic E-state index is 0.0939. The summed E-state index contributed by atoms with van der Waals surface area (Å²) in [5.74, 6) is 7.81. The number of aromatic nitrogens is 1. The molecule has 0 spiro atoms. The molecule has 1 rings (SSSR count). The number of nitrogens with zero attached hydrogens (tertiary/aromatic N) is 1. The van der Waals surface area contributed by atoms with Crippen LogP contribution in [-0.4, -0.2) is 28.4 Å². The molecule has 1 aromatic rings. The van der Waals surface area contributed by atoms with Crippen molar-refractivity contribution in [1.29, 1.82) is 0 Å². The summed E-state index contributed by atoms with van der Waals surface area (Å²) in [7, 11) is 0. The Bertz CT molecular complexity index is 485. The molecule has 0 radical (unpaired) electrons. The van der Waals surface area contributed by atoms with Crippen molar-refractivity contribution >= 4 is 23.5 Å². The number of rotatable bonds is 6. The minimum atomic E-state index is -0.147. The molecule has 118 valence electrons. The fourth-order valence-corrected chi connectivity index (χ4v) is 2.44. The molecule has 1 aromatic heterocycles. The van der Waals surface area contributed by atoms with Crippen molar-refractivity contribution in [2.45, 2.75) is 46.1 Å². The van der Waals surface area contributed by atoms with Gasteiger partial charge in [0, 0.05) is 28.5 Å². The Balaban J connectivity index is 2.93. The summed E-state index contributed by atoms with van der Waals surface area (Å²) in [5.41, 5.74) is 3.79. The van der Waals surface area contributed by atoms with Crippen molar-refractivity contribution in [2.24, 2.45) is 5.84 Å². The monoisotopic (exact) mass is 310 g/mol. The number of nitrogen functional groups attached to an aromatic ring is 1. The second-order valence-electron chi connectivity index (χ2n) is 6.05. The van der Waals surface area contributed by atoms with Crippen molar-refractivity contribution in [2.75, 3.05) is 16.9 Å². The zero-order valence-corrected chi connectivity index (χ0v) is 14.3. The van der Waals surface area contributed by atoms with Gasteiger partial charge in [0.1, 0.15) is 5.82 Å². The second-order valence-corrected chi connectivity index (χ2v) is 7.37. The van der Waals surface area contributed by atoms with Gasteiger partial charge in [-0.25, -0.2) is 10.8 Å². The smallest absolute Gasteiger partial charge is 0.251 e. The maximum absolute atomic E-state index is 12.3. The largest absolute Gasteiger partial charge is 0.349 e. The number of nitrogens with two attached hydrogens (primary N) is 1. The number of carbonyl (C=O) groups is 1. The van der Waals surface area contributed by atoms with Crippen LogP contribution in [0, 0.1) is 0 Å². The van der Waals surface area contributed by atoms with Gasteiger partial charge in [0.15, 0.2) is 0 Å². The first kappa shape index (κ1) is 17.8. The number of hydrogen-bond donors (Lipinski definition) is 3. The van der Waals surface area contributed by atoms with Crippen molar-refractivity contribution in [3.63, 3.8) is 0 Å². The van der Waals surface area contributed by atoms with Crippen molar-refractivity contribution in [3.8, 4) is 0 Å². The van der Waals surface area contributed by atoms with E-state index in [1.807, 2.05) is 24.8 Å². The standard InChI is InChI=1S/C15H26N4OS/c1-6-21-9-10(2)17-14(20)11-7-12(15(3,4)5)18-13(8-11)19-16/h7-8,10H,6,9,16H2,1-5H3,(H,17,20)(H,18,19). The summed E-state index contributed by atoms with van der Waals surface area (Å²) in [4.78, 5) is 16.8. The molecule has 21 heavy (non-hydrogen) atoms. The molecule has 0 saturated heterocycles. The Labute approximate surface area is 131 Å². The number of pyridine rings is 1. The van der Waals surface area contributed by atoms with Crippen LogP contribution in [0.5, 0.6) is 0 Å². The molecule has 4 N–H and O–H groups in total. The van der Waals surface area contributed by atoms with E-state index in [0.29, 0.717) is 11.4 Å². The van der Waals surface area contributed by atoms with Gasteiger partial charge in [0.05, 0.1) is 0 Å². The number of nitrogens with one attached hydrogen (secondary N) is 2. The van der Waals surface area contributed by atoms with E-state index < -0.39 is 0 Å². The lowest BCUT2D eigenvalue weighted by Gasteiger charge is -2.20. The van der Waals surface area contributed by atoms with Crippen LogP contribution in [0.3, 0.4) is 0 Å². The van der Waals surface area contributed by atoms with Gasteiger partial charge in [0.25, 0.3) is 5.91 Å². The summed E-state index contributed by atoms with van der Waals surface area (Å²) >= 11 is 1.81. The molecule has 1 unspecified atom stereocenters. The maximum atomic E-state index is 12.3. The Morgan fingerprint density at radius 1 is 1.43 bits per heavy atom. The van der Waals surface area contributed by atoms with Crippen LogP contribution < -0.4 is 16.6 Å². The van der Waals surface area contributed by atoms with E-state index in [9.17, 15) is 4.79 Å². The molecule has 1 atom stereocenters. The molecule has 0 aromatic carbocycles. The highest BCUT2D eigenvalue weighted by Gasteiger charge is 2.19. The van der Waals surface area contributed by atoms with E-state index in [4.69, 9.17) is 5.84 Å². The van der Waals surface area contributed by atoms with Crippen LogP contribution in [0.25, 0.3) is 0 Å². The van der Waals surface area contributed by atoms with E-state index in [2.05, 4.69) is 43.4 Å². The van der Waals surface area contributed by atoms with Gasteiger partial charge in [-0.15, -0.1) is 0 Å². The molecule has 0 saturated carbocycles. The molecule has 0 aliphatic rings. The Kier molecular flexibility index (Phi) is 6.48. The van der Waals surface area contributed by atoms with Crippen LogP contribution in [0.15, 0.2) is 12.1 Å². The maximum Gasteiger partial charge on any atom is 0.251 e. The molecule has 1 heterocycles. The van der Waals surface area contributed by atoms with Crippen LogP contribution >= 0.6 is 11.8 Å². The van der Waals surface area contributed by atoms with Gasteiger partial charge in [-0.3, -0.25) is 4.79 Å². The molecule has 0 aliphatic carbocycles. The zero-order chi connectivity index (χ0) is 16.0. The third-order valence-corrected chi connectivity index (χ3v) is 4.10. The SMILES string of the molecule is CCSCC(C)NC(=O)c1cc(NN)nc(C(C)(C)C)c1.